The van der Waals surface area contributed by atoms with Gasteiger partial charge in [0.05, 0.1) is 25.2 Å². The van der Waals surface area contributed by atoms with Crippen LogP contribution in [0.2, 0.25) is 0 Å². The molecule has 1 fully saturated rings. The number of rotatable bonds is 6. The van der Waals surface area contributed by atoms with Crippen LogP contribution in [-0.4, -0.2) is 36.4 Å². The van der Waals surface area contributed by atoms with Crippen LogP contribution in [0.1, 0.15) is 31.0 Å². The van der Waals surface area contributed by atoms with Crippen molar-refractivity contribution >= 4 is 0 Å². The average molecular weight is 478 g/mol. The van der Waals surface area contributed by atoms with Crippen LogP contribution in [0.4, 0.5) is 0 Å². The van der Waals surface area contributed by atoms with E-state index in [1.165, 1.54) is 0 Å². The van der Waals surface area contributed by atoms with E-state index in [9.17, 15) is 0 Å². The normalized spacial score (nSPS) is 23.3. The van der Waals surface area contributed by atoms with E-state index < -0.39 is 6.29 Å². The van der Waals surface area contributed by atoms with Gasteiger partial charge < -0.3 is 9.47 Å². The SMILES string of the molecule is CC1OC(O[CH-]c2ccccc2)C(c2ccccc2)N(CC#CCN=[N+]=[N-])C1C.[Y]. The topological polar surface area (TPSA) is 70.5 Å². The summed E-state index contributed by atoms with van der Waals surface area (Å²) in [6.07, 6.45) is -0.495. The Morgan fingerprint density at radius 2 is 1.77 bits per heavy atom. The fraction of sp³-hybridized carbons (Fsp3) is 0.348. The van der Waals surface area contributed by atoms with Crippen molar-refractivity contribution in [1.82, 2.24) is 4.90 Å². The Morgan fingerprint density at radius 1 is 1.10 bits per heavy atom. The van der Waals surface area contributed by atoms with Crippen molar-refractivity contribution in [3.05, 3.63) is 88.8 Å². The van der Waals surface area contributed by atoms with E-state index in [-0.39, 0.29) is 57.4 Å². The zero-order chi connectivity index (χ0) is 20.5. The first-order valence-corrected chi connectivity index (χ1v) is 9.67. The molecule has 1 heterocycles. The van der Waals surface area contributed by atoms with Gasteiger partial charge in [-0.1, -0.05) is 60.0 Å². The molecule has 0 saturated carbocycles. The molecule has 0 spiro atoms. The Hall–Kier alpha value is -1.84. The molecule has 0 aliphatic carbocycles. The van der Waals surface area contributed by atoms with Gasteiger partial charge in [-0.25, -0.2) is 0 Å². The van der Waals surface area contributed by atoms with Gasteiger partial charge in [-0.15, -0.1) is 12.1 Å². The maximum Gasteiger partial charge on any atom is 0.170 e. The molecule has 1 aliphatic heterocycles. The van der Waals surface area contributed by atoms with Gasteiger partial charge >= 0.3 is 0 Å². The molecule has 7 heteroatoms. The van der Waals surface area contributed by atoms with Crippen molar-refractivity contribution in [3.63, 3.8) is 0 Å². The molecular weight excluding hydrogens is 453 g/mol. The van der Waals surface area contributed by atoms with Crippen LogP contribution >= 0.6 is 0 Å². The Bertz CT molecular complexity index is 878. The Labute approximate surface area is 203 Å². The number of ether oxygens (including phenoxy) is 2. The summed E-state index contributed by atoms with van der Waals surface area (Å²) in [5.41, 5.74) is 10.5. The standard InChI is InChI=1S/C23H25N4O2.Y/c1-18-19(2)29-23(28-17-20-11-5-3-6-12-20)22(21-13-7-4-8-14-21)27(18)16-10-9-15-25-26-24;/h3-8,11-14,17-19,22-23H,15-16H2,1-2H3;/q-1;. The Kier molecular flexibility index (Phi) is 10.4. The predicted octanol–water partition coefficient (Wildman–Crippen LogP) is 4.70. The van der Waals surface area contributed by atoms with Gasteiger partial charge in [0, 0.05) is 43.7 Å². The summed E-state index contributed by atoms with van der Waals surface area (Å²) in [4.78, 5) is 5.03. The molecule has 6 nitrogen and oxygen atoms in total. The Morgan fingerprint density at radius 3 is 2.43 bits per heavy atom. The molecule has 3 rings (SSSR count). The maximum atomic E-state index is 8.41. The number of benzene rings is 2. The molecule has 1 saturated heterocycles. The van der Waals surface area contributed by atoms with Crippen LogP contribution in [0.5, 0.6) is 0 Å². The van der Waals surface area contributed by atoms with E-state index in [1.807, 2.05) is 55.5 Å². The number of hydrogen-bond acceptors (Lipinski definition) is 4. The van der Waals surface area contributed by atoms with Crippen LogP contribution in [-0.2, 0) is 42.2 Å². The van der Waals surface area contributed by atoms with Crippen LogP contribution in [0.15, 0.2) is 65.8 Å². The van der Waals surface area contributed by atoms with E-state index in [4.69, 9.17) is 15.0 Å². The number of morpholine rings is 1. The van der Waals surface area contributed by atoms with Crippen molar-refractivity contribution < 1.29 is 42.2 Å². The fourth-order valence-electron chi connectivity index (χ4n) is 3.37. The largest absolute Gasteiger partial charge is 0.386 e. The molecule has 1 aliphatic rings. The quantitative estimate of drug-likeness (QED) is 0.199. The van der Waals surface area contributed by atoms with E-state index in [0.29, 0.717) is 6.54 Å². The predicted molar refractivity (Wildman–Crippen MR) is 112 cm³/mol. The smallest absolute Gasteiger partial charge is 0.170 e. The number of nitrogens with zero attached hydrogens (tertiary/aromatic N) is 4. The molecule has 4 unspecified atom stereocenters. The van der Waals surface area contributed by atoms with Crippen molar-refractivity contribution in [1.29, 1.82) is 0 Å². The molecular formula is C23H25N4O2Y-. The van der Waals surface area contributed by atoms with Crippen molar-refractivity contribution in [2.24, 2.45) is 5.11 Å². The van der Waals surface area contributed by atoms with Crippen LogP contribution in [0.25, 0.3) is 10.4 Å². The monoisotopic (exact) mass is 478 g/mol. The fourth-order valence-corrected chi connectivity index (χ4v) is 3.37. The molecule has 0 N–H and O–H groups in total. The molecule has 2 aromatic rings. The minimum atomic E-state index is -0.470. The summed E-state index contributed by atoms with van der Waals surface area (Å²) in [6, 6.07) is 20.1. The molecule has 0 aromatic heterocycles. The minimum absolute atomic E-state index is 0. The second kappa shape index (κ2) is 12.8. The molecule has 0 bridgehead atoms. The number of hydrogen-bond donors (Lipinski definition) is 0. The summed E-state index contributed by atoms with van der Waals surface area (Å²) in [7, 11) is 0. The molecule has 0 amide bonds. The van der Waals surface area contributed by atoms with E-state index in [1.54, 1.807) is 6.61 Å². The van der Waals surface area contributed by atoms with Crippen LogP contribution < -0.4 is 0 Å². The molecule has 2 aromatic carbocycles. The second-order valence-corrected chi connectivity index (χ2v) is 6.89. The van der Waals surface area contributed by atoms with Gasteiger partial charge in [-0.3, -0.25) is 4.90 Å². The van der Waals surface area contributed by atoms with Crippen LogP contribution in [0, 0.1) is 18.4 Å². The van der Waals surface area contributed by atoms with E-state index >= 15 is 0 Å². The van der Waals surface area contributed by atoms with Crippen molar-refractivity contribution in [2.45, 2.75) is 38.3 Å². The average Bonchev–Trinajstić information content (AvgIpc) is 2.76. The first-order chi connectivity index (χ1) is 14.2. The minimum Gasteiger partial charge on any atom is -0.386 e. The summed E-state index contributed by atoms with van der Waals surface area (Å²) >= 11 is 0. The van der Waals surface area contributed by atoms with E-state index in [2.05, 4.69) is 45.8 Å². The van der Waals surface area contributed by atoms with Gasteiger partial charge in [-0.2, -0.15) is 17.7 Å². The molecule has 30 heavy (non-hydrogen) atoms. The Balaban J connectivity index is 0.00000320. The maximum absolute atomic E-state index is 8.41. The van der Waals surface area contributed by atoms with Crippen LogP contribution in [0.3, 0.4) is 0 Å². The summed E-state index contributed by atoms with van der Waals surface area (Å²) in [5, 5.41) is 3.48. The first kappa shape index (κ1) is 24.4. The molecule has 153 valence electrons. The van der Waals surface area contributed by atoms with Crippen molar-refractivity contribution in [3.8, 4) is 11.8 Å². The van der Waals surface area contributed by atoms with Gasteiger partial charge in [0.2, 0.25) is 0 Å². The summed E-state index contributed by atoms with van der Waals surface area (Å²) < 4.78 is 12.4. The van der Waals surface area contributed by atoms with Gasteiger partial charge in [-0.05, 0) is 24.9 Å². The third kappa shape index (κ3) is 6.58. The zero-order valence-corrected chi connectivity index (χ0v) is 20.1. The van der Waals surface area contributed by atoms with E-state index in [0.717, 1.165) is 11.1 Å². The first-order valence-electron chi connectivity index (χ1n) is 9.67. The van der Waals surface area contributed by atoms with Gasteiger partial charge in [0.15, 0.2) is 6.29 Å². The van der Waals surface area contributed by atoms with Crippen molar-refractivity contribution in [2.75, 3.05) is 13.1 Å². The third-order valence-electron chi connectivity index (χ3n) is 5.04. The molecule has 4 atom stereocenters. The van der Waals surface area contributed by atoms with Gasteiger partial charge in [0.25, 0.3) is 0 Å². The van der Waals surface area contributed by atoms with Gasteiger partial charge in [0.1, 0.15) is 0 Å². The summed E-state index contributed by atoms with van der Waals surface area (Å²) in [6.45, 7) is 6.62. The summed E-state index contributed by atoms with van der Waals surface area (Å²) in [5.74, 6) is 6.04. The molecule has 1 radical (unpaired) electrons. The number of azide groups is 1. The second-order valence-electron chi connectivity index (χ2n) is 6.89. The zero-order valence-electron chi connectivity index (χ0n) is 17.3. The third-order valence-corrected chi connectivity index (χ3v) is 5.04.